The smallest absolute Gasteiger partial charge is 0.338 e. The number of likely N-dealkylation sites (N-methyl/N-ethyl adjacent to an activating group) is 1. The summed E-state index contributed by atoms with van der Waals surface area (Å²) in [5, 5.41) is 0. The fourth-order valence-electron chi connectivity index (χ4n) is 2.65. The maximum absolute atomic E-state index is 11.9. The Bertz CT molecular complexity index is 679. The second kappa shape index (κ2) is 6.75. The molecule has 1 aromatic heterocycles. The molecular weight excluding hydrogens is 292 g/mol. The van der Waals surface area contributed by atoms with E-state index in [0.29, 0.717) is 17.0 Å². The molecule has 1 fully saturated rings. The topological polar surface area (TPSA) is 58.6 Å². The lowest BCUT2D eigenvalue weighted by molar-refractivity contribution is 0.0601. The van der Waals surface area contributed by atoms with Gasteiger partial charge in [0.2, 0.25) is 0 Å². The lowest BCUT2D eigenvalue weighted by Crippen LogP contribution is -2.44. The van der Waals surface area contributed by atoms with E-state index in [1.165, 1.54) is 7.11 Å². The van der Waals surface area contributed by atoms with Crippen LogP contribution in [0.25, 0.3) is 11.4 Å². The maximum Gasteiger partial charge on any atom is 0.338 e. The average Bonchev–Trinajstić information content (AvgIpc) is 2.62. The number of nitrogens with zero attached hydrogens (tertiary/aromatic N) is 4. The van der Waals surface area contributed by atoms with Gasteiger partial charge >= 0.3 is 5.97 Å². The molecule has 2 heterocycles. The van der Waals surface area contributed by atoms with Gasteiger partial charge in [-0.3, -0.25) is 0 Å². The Morgan fingerprint density at radius 1 is 1.09 bits per heavy atom. The van der Waals surface area contributed by atoms with Crippen molar-refractivity contribution in [3.63, 3.8) is 0 Å². The van der Waals surface area contributed by atoms with Gasteiger partial charge in [0.1, 0.15) is 0 Å². The summed E-state index contributed by atoms with van der Waals surface area (Å²) in [6.45, 7) is 4.01. The molecule has 0 aliphatic carbocycles. The molecule has 1 saturated heterocycles. The van der Waals surface area contributed by atoms with Gasteiger partial charge in [-0.15, -0.1) is 0 Å². The largest absolute Gasteiger partial charge is 0.465 e. The van der Waals surface area contributed by atoms with Crippen molar-refractivity contribution >= 4 is 11.7 Å². The molecule has 0 radical (unpaired) electrons. The van der Waals surface area contributed by atoms with Crippen LogP contribution in [-0.4, -0.2) is 61.2 Å². The van der Waals surface area contributed by atoms with E-state index in [9.17, 15) is 4.79 Å². The Hall–Kier alpha value is -2.47. The Labute approximate surface area is 135 Å². The van der Waals surface area contributed by atoms with E-state index in [4.69, 9.17) is 4.74 Å². The summed E-state index contributed by atoms with van der Waals surface area (Å²) < 4.78 is 4.82. The van der Waals surface area contributed by atoms with Gasteiger partial charge < -0.3 is 14.5 Å². The predicted octanol–water partition coefficient (Wildman–Crippen LogP) is 1.68. The normalized spacial score (nSPS) is 15.5. The molecule has 6 heteroatoms. The molecule has 0 bridgehead atoms. The van der Waals surface area contributed by atoms with Crippen LogP contribution < -0.4 is 4.90 Å². The van der Waals surface area contributed by atoms with Crippen molar-refractivity contribution in [2.24, 2.45) is 0 Å². The van der Waals surface area contributed by atoms with Crippen molar-refractivity contribution < 1.29 is 9.53 Å². The van der Waals surface area contributed by atoms with E-state index in [-0.39, 0.29) is 5.97 Å². The molecule has 1 aromatic carbocycles. The zero-order valence-electron chi connectivity index (χ0n) is 13.4. The second-order valence-corrected chi connectivity index (χ2v) is 5.59. The van der Waals surface area contributed by atoms with Crippen LogP contribution in [0, 0.1) is 0 Å². The number of benzene rings is 1. The maximum atomic E-state index is 11.9. The number of hydrogen-bond donors (Lipinski definition) is 0. The average molecular weight is 312 g/mol. The summed E-state index contributed by atoms with van der Waals surface area (Å²) in [4.78, 5) is 25.3. The van der Waals surface area contributed by atoms with Gasteiger partial charge in [0.05, 0.1) is 30.8 Å². The highest BCUT2D eigenvalue weighted by molar-refractivity contribution is 5.96. The SMILES string of the molecule is COC(=O)c1ccccc1-c1ncc(N2CCN(C)CC2)cn1. The van der Waals surface area contributed by atoms with Crippen LogP contribution in [0.2, 0.25) is 0 Å². The summed E-state index contributed by atoms with van der Waals surface area (Å²) in [6.07, 6.45) is 3.64. The number of ether oxygens (including phenoxy) is 1. The number of carbonyl (C=O) groups is 1. The van der Waals surface area contributed by atoms with Crippen molar-refractivity contribution in [2.75, 3.05) is 45.2 Å². The number of aromatic nitrogens is 2. The van der Waals surface area contributed by atoms with Crippen molar-refractivity contribution in [2.45, 2.75) is 0 Å². The summed E-state index contributed by atoms with van der Waals surface area (Å²) in [6, 6.07) is 7.21. The highest BCUT2D eigenvalue weighted by Gasteiger charge is 2.17. The number of rotatable bonds is 3. The molecular formula is C17H20N4O2. The molecule has 1 aliphatic rings. The number of anilines is 1. The van der Waals surface area contributed by atoms with Gasteiger partial charge in [-0.1, -0.05) is 18.2 Å². The number of methoxy groups -OCH3 is 1. The Morgan fingerprint density at radius 2 is 1.74 bits per heavy atom. The minimum Gasteiger partial charge on any atom is -0.465 e. The van der Waals surface area contributed by atoms with Crippen LogP contribution in [0.5, 0.6) is 0 Å². The van der Waals surface area contributed by atoms with Crippen molar-refractivity contribution in [3.8, 4) is 11.4 Å². The lowest BCUT2D eigenvalue weighted by atomic mass is 10.1. The molecule has 0 spiro atoms. The molecule has 0 amide bonds. The first kappa shape index (κ1) is 15.4. The van der Waals surface area contributed by atoms with E-state index in [1.54, 1.807) is 12.1 Å². The van der Waals surface area contributed by atoms with Crippen LogP contribution in [0.1, 0.15) is 10.4 Å². The third-order valence-electron chi connectivity index (χ3n) is 4.08. The fourth-order valence-corrected chi connectivity index (χ4v) is 2.65. The Morgan fingerprint density at radius 3 is 2.39 bits per heavy atom. The summed E-state index contributed by atoms with van der Waals surface area (Å²) in [5.41, 5.74) is 2.17. The second-order valence-electron chi connectivity index (χ2n) is 5.59. The molecule has 23 heavy (non-hydrogen) atoms. The van der Waals surface area contributed by atoms with Crippen LogP contribution in [-0.2, 0) is 4.74 Å². The molecule has 1 aliphatic heterocycles. The number of carbonyl (C=O) groups excluding carboxylic acids is 1. The van der Waals surface area contributed by atoms with Crippen molar-refractivity contribution in [3.05, 3.63) is 42.2 Å². The van der Waals surface area contributed by atoms with E-state index >= 15 is 0 Å². The number of piperazine rings is 1. The highest BCUT2D eigenvalue weighted by Crippen LogP contribution is 2.22. The van der Waals surface area contributed by atoms with Crippen LogP contribution >= 0.6 is 0 Å². The molecule has 3 rings (SSSR count). The molecule has 2 aromatic rings. The van der Waals surface area contributed by atoms with Crippen molar-refractivity contribution in [1.82, 2.24) is 14.9 Å². The van der Waals surface area contributed by atoms with Gasteiger partial charge in [-0.05, 0) is 13.1 Å². The van der Waals surface area contributed by atoms with Crippen LogP contribution in [0.3, 0.4) is 0 Å². The standard InChI is InChI=1S/C17H20N4O2/c1-20-7-9-21(10-8-20)13-11-18-16(19-12-13)14-5-3-4-6-15(14)17(22)23-2/h3-6,11-12H,7-10H2,1-2H3. The van der Waals surface area contributed by atoms with Gasteiger partial charge in [-0.2, -0.15) is 0 Å². The lowest BCUT2D eigenvalue weighted by Gasteiger charge is -2.33. The highest BCUT2D eigenvalue weighted by atomic mass is 16.5. The Balaban J connectivity index is 1.84. The number of esters is 1. The molecule has 0 unspecified atom stereocenters. The van der Waals surface area contributed by atoms with Crippen LogP contribution in [0.15, 0.2) is 36.7 Å². The number of hydrogen-bond acceptors (Lipinski definition) is 6. The molecule has 6 nitrogen and oxygen atoms in total. The minimum atomic E-state index is -0.382. The molecule has 120 valence electrons. The van der Waals surface area contributed by atoms with E-state index in [0.717, 1.165) is 31.9 Å². The first-order chi connectivity index (χ1) is 11.2. The summed E-state index contributed by atoms with van der Waals surface area (Å²) in [5.74, 6) is 0.149. The fraction of sp³-hybridized carbons (Fsp3) is 0.353. The van der Waals surface area contributed by atoms with Gasteiger partial charge in [-0.25, -0.2) is 14.8 Å². The summed E-state index contributed by atoms with van der Waals surface area (Å²) in [7, 11) is 3.50. The molecule has 0 atom stereocenters. The zero-order valence-corrected chi connectivity index (χ0v) is 13.4. The first-order valence-electron chi connectivity index (χ1n) is 7.62. The van der Waals surface area contributed by atoms with Crippen molar-refractivity contribution in [1.29, 1.82) is 0 Å². The Kier molecular flexibility index (Phi) is 4.52. The summed E-state index contributed by atoms with van der Waals surface area (Å²) >= 11 is 0. The van der Waals surface area contributed by atoms with Crippen LogP contribution in [0.4, 0.5) is 5.69 Å². The zero-order chi connectivity index (χ0) is 16.2. The van der Waals surface area contributed by atoms with Gasteiger partial charge in [0, 0.05) is 31.7 Å². The van der Waals surface area contributed by atoms with E-state index < -0.39 is 0 Å². The van der Waals surface area contributed by atoms with E-state index in [1.807, 2.05) is 24.5 Å². The first-order valence-corrected chi connectivity index (χ1v) is 7.62. The minimum absolute atomic E-state index is 0.382. The third-order valence-corrected chi connectivity index (χ3v) is 4.08. The molecule has 0 N–H and O–H groups in total. The quantitative estimate of drug-likeness (QED) is 0.804. The predicted molar refractivity (Wildman–Crippen MR) is 88.5 cm³/mol. The monoisotopic (exact) mass is 312 g/mol. The molecule has 0 saturated carbocycles. The van der Waals surface area contributed by atoms with E-state index in [2.05, 4.69) is 26.8 Å². The van der Waals surface area contributed by atoms with Gasteiger partial charge in [0.15, 0.2) is 5.82 Å². The third kappa shape index (κ3) is 3.32. The van der Waals surface area contributed by atoms with Gasteiger partial charge in [0.25, 0.3) is 0 Å².